The van der Waals surface area contributed by atoms with Gasteiger partial charge in [-0.05, 0) is 74.8 Å². The smallest absolute Gasteiger partial charge is 0.164 e. The van der Waals surface area contributed by atoms with Gasteiger partial charge in [0.2, 0.25) is 0 Å². The summed E-state index contributed by atoms with van der Waals surface area (Å²) < 4.78 is 6.42. The number of furan rings is 1. The maximum Gasteiger partial charge on any atom is 0.164 e. The summed E-state index contributed by atoms with van der Waals surface area (Å²) >= 11 is 0. The third kappa shape index (κ3) is 6.76. The zero-order valence-electron chi connectivity index (χ0n) is 32.3. The van der Waals surface area contributed by atoms with Gasteiger partial charge in [0.05, 0.1) is 0 Å². The zero-order chi connectivity index (χ0) is 40.9. The number of hydrogen-bond acceptors (Lipinski definition) is 4. The highest BCUT2D eigenvalue weighted by Crippen LogP contribution is 2.36. The van der Waals surface area contributed by atoms with Crippen molar-refractivity contribution in [3.8, 4) is 78.7 Å². The highest BCUT2D eigenvalue weighted by Gasteiger charge is 2.17. The Labute approximate surface area is 354 Å². The molecule has 0 bridgehead atoms. The predicted octanol–water partition coefficient (Wildman–Crippen LogP) is 7.41. The van der Waals surface area contributed by atoms with Crippen LogP contribution in [0.2, 0.25) is 0 Å². The number of rotatable bonds is 7. The average Bonchev–Trinajstić information content (AvgIpc) is 3.68. The van der Waals surface area contributed by atoms with Gasteiger partial charge in [-0.25, -0.2) is 15.0 Å². The van der Waals surface area contributed by atoms with E-state index in [0.717, 1.165) is 60.9 Å². The van der Waals surface area contributed by atoms with Crippen LogP contribution in [0.4, 0.5) is 0 Å². The van der Waals surface area contributed by atoms with E-state index in [9.17, 15) is 0 Å². The molecule has 0 saturated carbocycles. The van der Waals surface area contributed by atoms with Crippen molar-refractivity contribution in [1.82, 2.24) is 15.0 Å². The minimum atomic E-state index is 0.172. The summed E-state index contributed by atoms with van der Waals surface area (Å²) in [7, 11) is 31.1. The lowest BCUT2D eigenvalue weighted by molar-refractivity contribution is 0.669. The molecule has 0 unspecified atom stereocenters. The van der Waals surface area contributed by atoms with Crippen LogP contribution in [0.3, 0.4) is 0 Å². The molecule has 0 aliphatic rings. The zero-order valence-corrected chi connectivity index (χ0v) is 32.3. The molecule has 0 aliphatic heterocycles. The van der Waals surface area contributed by atoms with Crippen LogP contribution >= 0.6 is 0 Å². The molecule has 8 aromatic carbocycles. The first-order valence-corrected chi connectivity index (χ1v) is 19.5. The quantitative estimate of drug-likeness (QED) is 0.159. The standard InChI is InChI=1S/C51H28B5N3O/c52-44-43(45(53)47(55)48(56)46(44)54)34-19-21-36(22-20-34)50-57-49(35-9-5-2-6-10-35)58-51(59-50)38-24-26-41-40(27-38)39-25-23-37(28-42(39)60-41)33-17-15-32(16-18-33)31-13-11-30(12-14-31)29-7-3-1-4-8-29/h1-28H. The van der Waals surface area contributed by atoms with Crippen LogP contribution in [0.15, 0.2) is 174 Å². The van der Waals surface area contributed by atoms with Gasteiger partial charge >= 0.3 is 0 Å². The van der Waals surface area contributed by atoms with Crippen LogP contribution in [0.1, 0.15) is 0 Å². The van der Waals surface area contributed by atoms with Gasteiger partial charge in [0, 0.05) is 27.5 Å². The van der Waals surface area contributed by atoms with E-state index in [1.54, 1.807) is 0 Å². The lowest BCUT2D eigenvalue weighted by atomic mass is 9.59. The molecule has 0 atom stereocenters. The largest absolute Gasteiger partial charge is 0.456 e. The Kier molecular flexibility index (Phi) is 9.45. The Balaban J connectivity index is 0.972. The maximum absolute atomic E-state index is 6.42. The highest BCUT2D eigenvalue weighted by molar-refractivity contribution is 6.68. The second-order valence-electron chi connectivity index (χ2n) is 14.7. The predicted molar refractivity (Wildman–Crippen MR) is 252 cm³/mol. The van der Waals surface area contributed by atoms with Crippen LogP contribution in [0.25, 0.3) is 101 Å². The lowest BCUT2D eigenvalue weighted by Crippen LogP contribution is -2.55. The van der Waals surface area contributed by atoms with E-state index in [-0.39, 0.29) is 27.3 Å². The highest BCUT2D eigenvalue weighted by atomic mass is 16.3. The van der Waals surface area contributed by atoms with E-state index in [1.165, 1.54) is 16.7 Å². The van der Waals surface area contributed by atoms with Crippen LogP contribution < -0.4 is 27.3 Å². The van der Waals surface area contributed by atoms with E-state index in [1.807, 2.05) is 72.8 Å². The second kappa shape index (κ2) is 15.2. The van der Waals surface area contributed by atoms with Crippen molar-refractivity contribution in [2.75, 3.05) is 0 Å². The first kappa shape index (κ1) is 37.2. The molecular formula is C51H28B5N3O. The molecule has 0 spiro atoms. The molecule has 0 aliphatic carbocycles. The fourth-order valence-electron chi connectivity index (χ4n) is 7.73. The summed E-state index contributed by atoms with van der Waals surface area (Å²) in [6, 6.07) is 57.6. The van der Waals surface area contributed by atoms with Crippen LogP contribution in [0, 0.1) is 0 Å². The molecule has 2 heterocycles. The van der Waals surface area contributed by atoms with Crippen molar-refractivity contribution in [2.24, 2.45) is 0 Å². The summed E-state index contributed by atoms with van der Waals surface area (Å²) in [5.74, 6) is 1.57. The molecule has 9 heteroatoms. The van der Waals surface area contributed by atoms with Gasteiger partial charge in [0.1, 0.15) is 50.4 Å². The Morgan fingerprint density at radius 1 is 0.283 bits per heavy atom. The van der Waals surface area contributed by atoms with Gasteiger partial charge in [-0.1, -0.05) is 150 Å². The van der Waals surface area contributed by atoms with Crippen molar-refractivity contribution in [3.05, 3.63) is 170 Å². The Morgan fingerprint density at radius 3 is 1.22 bits per heavy atom. The molecular weight excluding hydrogens is 725 g/mol. The normalized spacial score (nSPS) is 11.3. The van der Waals surface area contributed by atoms with E-state index in [0.29, 0.717) is 23.0 Å². The van der Waals surface area contributed by atoms with Crippen LogP contribution in [0.5, 0.6) is 0 Å². The van der Waals surface area contributed by atoms with Gasteiger partial charge in [-0.3, -0.25) is 0 Å². The van der Waals surface area contributed by atoms with Gasteiger partial charge < -0.3 is 4.42 Å². The minimum absolute atomic E-state index is 0.172. The van der Waals surface area contributed by atoms with Crippen LogP contribution in [-0.4, -0.2) is 54.2 Å². The van der Waals surface area contributed by atoms with Crippen molar-refractivity contribution in [3.63, 3.8) is 0 Å². The SMILES string of the molecule is [B]c1c([B])c([B])c(-c2ccc(-c3nc(-c4ccccc4)nc(-c4ccc5oc6cc(-c7ccc(-c8ccc(-c9ccccc9)cc8)cc7)ccc6c5c4)n3)cc2)c([B])c1[B]. The van der Waals surface area contributed by atoms with Crippen molar-refractivity contribution < 1.29 is 4.42 Å². The van der Waals surface area contributed by atoms with E-state index >= 15 is 0 Å². The molecule has 0 saturated heterocycles. The van der Waals surface area contributed by atoms with Gasteiger partial charge in [0.15, 0.2) is 17.5 Å². The summed E-state index contributed by atoms with van der Waals surface area (Å²) in [4.78, 5) is 14.9. The van der Waals surface area contributed by atoms with Gasteiger partial charge in [0.25, 0.3) is 0 Å². The molecule has 4 nitrogen and oxygen atoms in total. The number of aromatic nitrogens is 3. The Hall–Kier alpha value is -7.11. The fraction of sp³-hybridized carbons (Fsp3) is 0. The van der Waals surface area contributed by atoms with Gasteiger partial charge in [-0.15, -0.1) is 16.4 Å². The molecule has 0 amide bonds. The molecule has 2 aromatic heterocycles. The number of hydrogen-bond donors (Lipinski definition) is 0. The molecule has 10 aromatic rings. The Morgan fingerprint density at radius 2 is 0.667 bits per heavy atom. The average molecular weight is 753 g/mol. The molecule has 60 heavy (non-hydrogen) atoms. The summed E-state index contributed by atoms with van der Waals surface area (Å²) in [6.07, 6.45) is 0. The molecule has 0 N–H and O–H groups in total. The number of benzene rings is 8. The van der Waals surface area contributed by atoms with E-state index in [4.69, 9.17) is 58.6 Å². The molecule has 10 radical (unpaired) electrons. The molecule has 10 rings (SSSR count). The molecule has 0 fully saturated rings. The maximum atomic E-state index is 6.42. The first-order valence-electron chi connectivity index (χ1n) is 19.5. The minimum Gasteiger partial charge on any atom is -0.456 e. The summed E-state index contributed by atoms with van der Waals surface area (Å²) in [6.45, 7) is 0. The van der Waals surface area contributed by atoms with Gasteiger partial charge in [-0.2, -0.15) is 0 Å². The van der Waals surface area contributed by atoms with Crippen molar-refractivity contribution in [2.45, 2.75) is 0 Å². The third-order valence-electron chi connectivity index (χ3n) is 11.1. The summed E-state index contributed by atoms with van der Waals surface area (Å²) in [5.41, 5.74) is 13.3. The topological polar surface area (TPSA) is 51.8 Å². The lowest BCUT2D eigenvalue weighted by Gasteiger charge is -2.21. The van der Waals surface area contributed by atoms with Crippen molar-refractivity contribution in [1.29, 1.82) is 0 Å². The third-order valence-corrected chi connectivity index (χ3v) is 11.1. The van der Waals surface area contributed by atoms with E-state index in [2.05, 4.69) is 97.1 Å². The second-order valence-corrected chi connectivity index (χ2v) is 14.7. The van der Waals surface area contributed by atoms with Crippen LogP contribution in [-0.2, 0) is 0 Å². The van der Waals surface area contributed by atoms with Crippen molar-refractivity contribution >= 4 is 88.5 Å². The summed E-state index contributed by atoms with van der Waals surface area (Å²) in [5, 5.41) is 1.97. The molecule has 268 valence electrons. The number of fused-ring (bicyclic) bond motifs is 3. The fourth-order valence-corrected chi connectivity index (χ4v) is 7.73. The monoisotopic (exact) mass is 753 g/mol. The first-order chi connectivity index (χ1) is 29.3. The number of nitrogens with zero attached hydrogens (tertiary/aromatic N) is 3. The Bertz CT molecular complexity index is 3200. The van der Waals surface area contributed by atoms with E-state index < -0.39 is 0 Å².